The molecule has 90 valence electrons. The first kappa shape index (κ1) is 13.2. The van der Waals surface area contributed by atoms with Gasteiger partial charge in [0.05, 0.1) is 20.1 Å². The van der Waals surface area contributed by atoms with Gasteiger partial charge in [-0.3, -0.25) is 0 Å². The number of ether oxygens (including phenoxy) is 2. The van der Waals surface area contributed by atoms with Crippen molar-refractivity contribution in [2.45, 2.75) is 19.3 Å². The topological polar surface area (TPSA) is 18.5 Å². The predicted molar refractivity (Wildman–Crippen MR) is 70.6 cm³/mol. The van der Waals surface area contributed by atoms with Crippen LogP contribution in [0.25, 0.3) is 0 Å². The van der Waals surface area contributed by atoms with Crippen molar-refractivity contribution in [3.63, 3.8) is 0 Å². The number of methoxy groups -OCH3 is 2. The third-order valence-corrected chi connectivity index (χ3v) is 2.53. The smallest absolute Gasteiger partial charge is 0.165 e. The molecule has 2 heteroatoms. The number of allylic oxidation sites excluding steroid dienone is 1. The Kier molecular flexibility index (Phi) is 5.16. The predicted octanol–water partition coefficient (Wildman–Crippen LogP) is 3.39. The van der Waals surface area contributed by atoms with Crippen LogP contribution in [0.1, 0.15) is 24.8 Å². The highest BCUT2D eigenvalue weighted by atomic mass is 16.5. The molecule has 0 aliphatic carbocycles. The van der Waals surface area contributed by atoms with Crippen molar-refractivity contribution in [2.75, 3.05) is 14.2 Å². The van der Waals surface area contributed by atoms with Crippen molar-refractivity contribution in [1.82, 2.24) is 0 Å². The molecule has 0 fully saturated rings. The minimum Gasteiger partial charge on any atom is -0.493 e. The maximum atomic E-state index is 5.41. The molecule has 0 aliphatic heterocycles. The van der Waals surface area contributed by atoms with Crippen molar-refractivity contribution in [1.29, 1.82) is 0 Å². The molecule has 0 spiro atoms. The van der Waals surface area contributed by atoms with Crippen LogP contribution in [-0.4, -0.2) is 14.2 Å². The zero-order valence-corrected chi connectivity index (χ0v) is 10.6. The maximum Gasteiger partial charge on any atom is 0.165 e. The van der Waals surface area contributed by atoms with E-state index in [-0.39, 0.29) is 5.92 Å². The van der Waals surface area contributed by atoms with Gasteiger partial charge in [0.15, 0.2) is 11.5 Å². The fourth-order valence-corrected chi connectivity index (χ4v) is 1.79. The van der Waals surface area contributed by atoms with Gasteiger partial charge >= 0.3 is 0 Å². The number of hydrogen-bond donors (Lipinski definition) is 0. The Morgan fingerprint density at radius 1 is 1.35 bits per heavy atom. The summed E-state index contributed by atoms with van der Waals surface area (Å²) in [6, 6.07) is 5.84. The van der Waals surface area contributed by atoms with Crippen LogP contribution >= 0.6 is 0 Å². The van der Waals surface area contributed by atoms with Gasteiger partial charge in [-0.05, 0) is 19.4 Å². The van der Waals surface area contributed by atoms with Crippen molar-refractivity contribution >= 4 is 0 Å². The monoisotopic (exact) mass is 230 g/mol. The fourth-order valence-electron chi connectivity index (χ4n) is 1.79. The zero-order chi connectivity index (χ0) is 12.7. The Labute approximate surface area is 103 Å². The lowest BCUT2D eigenvalue weighted by Gasteiger charge is -2.16. The van der Waals surface area contributed by atoms with Gasteiger partial charge in [-0.25, -0.2) is 0 Å². The van der Waals surface area contributed by atoms with E-state index in [1.165, 1.54) is 0 Å². The Bertz CT molecular complexity index is 438. The highest BCUT2D eigenvalue weighted by Gasteiger charge is 2.16. The second kappa shape index (κ2) is 6.65. The molecule has 0 amide bonds. The Morgan fingerprint density at radius 3 is 2.65 bits per heavy atom. The van der Waals surface area contributed by atoms with E-state index in [1.807, 2.05) is 31.2 Å². The standard InChI is InChI=1S/C15H18O2/c1-5-8-12(9-6-2)13-10-7-11-14(16-3)15(13)17-4/h5,7,10-12H,1,8H2,2-4H3. The third kappa shape index (κ3) is 3.04. The Hall–Kier alpha value is -1.88. The first-order chi connectivity index (χ1) is 8.28. The Balaban J connectivity index is 3.24. The summed E-state index contributed by atoms with van der Waals surface area (Å²) < 4.78 is 10.7. The highest BCUT2D eigenvalue weighted by molar-refractivity contribution is 5.50. The van der Waals surface area contributed by atoms with E-state index in [9.17, 15) is 0 Å². The van der Waals surface area contributed by atoms with Gasteiger partial charge in [0, 0.05) is 5.56 Å². The maximum absolute atomic E-state index is 5.41. The Morgan fingerprint density at radius 2 is 2.12 bits per heavy atom. The van der Waals surface area contributed by atoms with Crippen LogP contribution < -0.4 is 9.47 Å². The van der Waals surface area contributed by atoms with Crippen LogP contribution in [-0.2, 0) is 0 Å². The molecule has 0 N–H and O–H groups in total. The van der Waals surface area contributed by atoms with E-state index in [0.29, 0.717) is 0 Å². The van der Waals surface area contributed by atoms with Gasteiger partial charge in [-0.2, -0.15) is 0 Å². The van der Waals surface area contributed by atoms with Gasteiger partial charge in [-0.1, -0.05) is 24.1 Å². The lowest BCUT2D eigenvalue weighted by atomic mass is 9.95. The van der Waals surface area contributed by atoms with Crippen LogP contribution in [0.15, 0.2) is 30.9 Å². The molecular weight excluding hydrogens is 212 g/mol. The summed E-state index contributed by atoms with van der Waals surface area (Å²) in [5, 5.41) is 0. The van der Waals surface area contributed by atoms with E-state index in [1.54, 1.807) is 14.2 Å². The summed E-state index contributed by atoms with van der Waals surface area (Å²) in [7, 11) is 3.28. The first-order valence-corrected chi connectivity index (χ1v) is 5.52. The average Bonchev–Trinajstić information content (AvgIpc) is 2.37. The van der Waals surface area contributed by atoms with Crippen LogP contribution in [0, 0.1) is 11.8 Å². The molecule has 0 saturated heterocycles. The van der Waals surface area contributed by atoms with Crippen LogP contribution in [0.5, 0.6) is 11.5 Å². The van der Waals surface area contributed by atoms with Gasteiger partial charge in [0.25, 0.3) is 0 Å². The summed E-state index contributed by atoms with van der Waals surface area (Å²) >= 11 is 0. The molecule has 1 aromatic carbocycles. The second-order valence-electron chi connectivity index (χ2n) is 3.55. The SMILES string of the molecule is C=CCC(C#CC)c1cccc(OC)c1OC. The van der Waals surface area contributed by atoms with Crippen molar-refractivity contribution in [3.8, 4) is 23.3 Å². The lowest BCUT2D eigenvalue weighted by molar-refractivity contribution is 0.351. The summed E-state index contributed by atoms with van der Waals surface area (Å²) in [6.45, 7) is 5.60. The molecule has 0 aromatic heterocycles. The third-order valence-electron chi connectivity index (χ3n) is 2.53. The van der Waals surface area contributed by atoms with E-state index < -0.39 is 0 Å². The summed E-state index contributed by atoms with van der Waals surface area (Å²) in [5.41, 5.74) is 1.04. The van der Waals surface area contributed by atoms with Gasteiger partial charge in [-0.15, -0.1) is 12.5 Å². The van der Waals surface area contributed by atoms with Crippen molar-refractivity contribution < 1.29 is 9.47 Å². The molecule has 0 bridgehead atoms. The molecule has 1 atom stereocenters. The number of rotatable bonds is 5. The summed E-state index contributed by atoms with van der Waals surface area (Å²) in [5.74, 6) is 7.70. The van der Waals surface area contributed by atoms with Crippen LogP contribution in [0.3, 0.4) is 0 Å². The van der Waals surface area contributed by atoms with Gasteiger partial charge in [0.2, 0.25) is 0 Å². The lowest BCUT2D eigenvalue weighted by Crippen LogP contribution is -2.00. The molecule has 1 unspecified atom stereocenters. The molecule has 0 heterocycles. The molecule has 0 aliphatic rings. The molecule has 0 saturated carbocycles. The normalized spacial score (nSPS) is 11.0. The van der Waals surface area contributed by atoms with E-state index >= 15 is 0 Å². The highest BCUT2D eigenvalue weighted by Crippen LogP contribution is 2.36. The second-order valence-corrected chi connectivity index (χ2v) is 3.55. The molecular formula is C15H18O2. The number of benzene rings is 1. The van der Waals surface area contributed by atoms with Crippen LogP contribution in [0.2, 0.25) is 0 Å². The fraction of sp³-hybridized carbons (Fsp3) is 0.333. The van der Waals surface area contributed by atoms with Crippen molar-refractivity contribution in [2.24, 2.45) is 0 Å². The quantitative estimate of drug-likeness (QED) is 0.570. The largest absolute Gasteiger partial charge is 0.493 e. The number of para-hydroxylation sites is 1. The molecule has 17 heavy (non-hydrogen) atoms. The minimum absolute atomic E-state index is 0.0996. The summed E-state index contributed by atoms with van der Waals surface area (Å²) in [6.07, 6.45) is 2.66. The molecule has 1 rings (SSSR count). The van der Waals surface area contributed by atoms with E-state index in [4.69, 9.17) is 9.47 Å². The van der Waals surface area contributed by atoms with E-state index in [0.717, 1.165) is 23.5 Å². The molecule has 0 radical (unpaired) electrons. The van der Waals surface area contributed by atoms with Gasteiger partial charge < -0.3 is 9.47 Å². The number of hydrogen-bond acceptors (Lipinski definition) is 2. The summed E-state index contributed by atoms with van der Waals surface area (Å²) in [4.78, 5) is 0. The van der Waals surface area contributed by atoms with Crippen molar-refractivity contribution in [3.05, 3.63) is 36.4 Å². The minimum atomic E-state index is 0.0996. The van der Waals surface area contributed by atoms with E-state index in [2.05, 4.69) is 18.4 Å². The first-order valence-electron chi connectivity index (χ1n) is 5.52. The zero-order valence-electron chi connectivity index (χ0n) is 10.6. The molecule has 2 nitrogen and oxygen atoms in total. The van der Waals surface area contributed by atoms with Gasteiger partial charge in [0.1, 0.15) is 0 Å². The average molecular weight is 230 g/mol. The van der Waals surface area contributed by atoms with Crippen LogP contribution in [0.4, 0.5) is 0 Å². The molecule has 1 aromatic rings.